The van der Waals surface area contributed by atoms with Crippen LogP contribution in [0.15, 0.2) is 188 Å². The van der Waals surface area contributed by atoms with E-state index in [1.54, 1.807) is 0 Å². The lowest BCUT2D eigenvalue weighted by molar-refractivity contribution is 0.866. The molecule has 310 valence electrons. The zero-order valence-electron chi connectivity index (χ0n) is 34.7. The molecule has 0 N–H and O–H groups in total. The molecule has 8 aromatic carbocycles. The topological polar surface area (TPSA) is 84.2 Å². The molecule has 0 unspecified atom stereocenters. The molecule has 6 heterocycles. The smallest absolute Gasteiger partial charge is 0.240 e. The highest BCUT2D eigenvalue weighted by molar-refractivity contribution is 14.1. The van der Waals surface area contributed by atoms with Crippen LogP contribution < -0.4 is 0 Å². The van der Waals surface area contributed by atoms with Crippen molar-refractivity contribution in [3.63, 3.8) is 0 Å². The lowest BCUT2D eigenvalue weighted by Gasteiger charge is -2.12. The Morgan fingerprint density at radius 3 is 0.924 bits per heavy atom. The van der Waals surface area contributed by atoms with Gasteiger partial charge < -0.3 is 0 Å². The fraction of sp³-hybridized carbons (Fsp3) is 0. The molecule has 0 fully saturated rings. The van der Waals surface area contributed by atoms with Crippen LogP contribution in [0.1, 0.15) is 0 Å². The van der Waals surface area contributed by atoms with E-state index in [1.165, 1.54) is 10.8 Å². The van der Waals surface area contributed by atoms with E-state index in [-0.39, 0.29) is 0 Å². The molecule has 0 aliphatic heterocycles. The second-order valence-corrected chi connectivity index (χ2v) is 18.4. The molecule has 11 heteroatoms. The fourth-order valence-corrected chi connectivity index (χ4v) is 11.2. The van der Waals surface area contributed by atoms with Gasteiger partial charge in [-0.1, -0.05) is 121 Å². The number of rotatable bonds is 5. The minimum atomic E-state index is 0.570. The van der Waals surface area contributed by atoms with Crippen molar-refractivity contribution in [1.29, 1.82) is 0 Å². The first-order valence-electron chi connectivity index (χ1n) is 21.6. The molecule has 6 aromatic heterocycles. The van der Waals surface area contributed by atoms with Gasteiger partial charge in [0.1, 0.15) is 11.6 Å². The van der Waals surface area contributed by atoms with E-state index in [0.29, 0.717) is 19.6 Å². The fourth-order valence-electron chi connectivity index (χ4n) is 10.2. The van der Waals surface area contributed by atoms with Gasteiger partial charge in [0, 0.05) is 94.3 Å². The number of para-hydroxylation sites is 6. The summed E-state index contributed by atoms with van der Waals surface area (Å²) in [6.45, 7) is 0. The van der Waals surface area contributed by atoms with Crippen LogP contribution in [0, 0.1) is 7.66 Å². The van der Waals surface area contributed by atoms with Crippen LogP contribution in [0.2, 0.25) is 0 Å². The van der Waals surface area contributed by atoms with Gasteiger partial charge in [-0.15, -0.1) is 0 Å². The first-order valence-corrected chi connectivity index (χ1v) is 23.7. The second-order valence-electron chi connectivity index (χ2n) is 16.5. The number of fused-ring (bicyclic) bond motifs is 12. The average molecular weight is 1070 g/mol. The van der Waals surface area contributed by atoms with Crippen LogP contribution in [0.4, 0.5) is 0 Å². The van der Waals surface area contributed by atoms with Crippen LogP contribution in [0.3, 0.4) is 0 Å². The molecule has 66 heavy (non-hydrogen) atoms. The summed E-state index contributed by atoms with van der Waals surface area (Å²) in [5.41, 5.74) is 10.8. The quantitative estimate of drug-likeness (QED) is 0.127. The molecule has 0 amide bonds. The van der Waals surface area contributed by atoms with Crippen LogP contribution in [0.5, 0.6) is 0 Å². The normalized spacial score (nSPS) is 12.1. The van der Waals surface area contributed by atoms with Gasteiger partial charge in [-0.05, 0) is 71.8 Å². The largest absolute Gasteiger partial charge is 0.294 e. The van der Waals surface area contributed by atoms with Crippen LogP contribution >= 0.6 is 45.2 Å². The summed E-state index contributed by atoms with van der Waals surface area (Å²) in [5, 5.41) is 9.25. The van der Waals surface area contributed by atoms with Crippen molar-refractivity contribution in [2.75, 3.05) is 0 Å². The van der Waals surface area contributed by atoms with Gasteiger partial charge in [-0.25, -0.2) is 9.97 Å². The molecular formula is C55H31I2N9. The first kappa shape index (κ1) is 37.8. The van der Waals surface area contributed by atoms with Gasteiger partial charge in [0.15, 0.2) is 7.66 Å². The molecule has 0 radical (unpaired) electrons. The number of aromatic nitrogens is 9. The predicted molar refractivity (Wildman–Crippen MR) is 284 cm³/mol. The van der Waals surface area contributed by atoms with Crippen molar-refractivity contribution in [2.45, 2.75) is 0 Å². The lowest BCUT2D eigenvalue weighted by Crippen LogP contribution is -2.10. The van der Waals surface area contributed by atoms with E-state index in [0.717, 1.165) is 99.2 Å². The van der Waals surface area contributed by atoms with Crippen LogP contribution in [0.25, 0.3) is 122 Å². The molecule has 0 atom stereocenters. The van der Waals surface area contributed by atoms with Gasteiger partial charge in [0.25, 0.3) is 0 Å². The zero-order chi connectivity index (χ0) is 43.6. The summed E-state index contributed by atoms with van der Waals surface area (Å²) in [6, 6.07) is 66.6. The van der Waals surface area contributed by atoms with Crippen molar-refractivity contribution in [3.8, 4) is 34.7 Å². The Hall–Kier alpha value is -7.49. The Morgan fingerprint density at radius 2 is 0.545 bits per heavy atom. The molecule has 9 nitrogen and oxygen atoms in total. The summed E-state index contributed by atoms with van der Waals surface area (Å²) in [7, 11) is 0. The number of hydrogen-bond acceptors (Lipinski definition) is 5. The van der Waals surface area contributed by atoms with E-state index in [2.05, 4.69) is 252 Å². The summed E-state index contributed by atoms with van der Waals surface area (Å²) in [4.78, 5) is 25.2. The molecule has 0 spiro atoms. The van der Waals surface area contributed by atoms with Crippen molar-refractivity contribution < 1.29 is 0 Å². The third-order valence-electron chi connectivity index (χ3n) is 13.0. The Bertz CT molecular complexity index is 3960. The summed E-state index contributed by atoms with van der Waals surface area (Å²) in [6.07, 6.45) is 0. The van der Waals surface area contributed by atoms with Crippen molar-refractivity contribution in [1.82, 2.24) is 43.2 Å². The van der Waals surface area contributed by atoms with Crippen molar-refractivity contribution in [3.05, 3.63) is 196 Å². The zero-order valence-corrected chi connectivity index (χ0v) is 39.0. The number of halogens is 2. The average Bonchev–Trinajstić information content (AvgIpc) is 4.08. The van der Waals surface area contributed by atoms with E-state index in [9.17, 15) is 0 Å². The molecule has 0 aliphatic carbocycles. The van der Waals surface area contributed by atoms with E-state index in [4.69, 9.17) is 24.9 Å². The van der Waals surface area contributed by atoms with Gasteiger partial charge in [-0.3, -0.25) is 18.3 Å². The van der Waals surface area contributed by atoms with Crippen molar-refractivity contribution in [2.24, 2.45) is 0 Å². The maximum atomic E-state index is 5.23. The molecule has 0 saturated carbocycles. The standard InChI is InChI=1S/C55H31I2N9/c56-52-58-50(63-42-19-7-1-13-34(42)35-14-2-8-20-43(35)63)31-51(59-52)64-44-21-9-5-17-38(44)40-29-32(25-27-48(40)64)33-26-28-49-41(30-33)39-18-6-12-24-47(39)66(49)55-61-53(57)60-54(62-55)65-45-22-10-3-15-36(45)37-16-4-11-23-46(37)65/h1-31H. The van der Waals surface area contributed by atoms with Gasteiger partial charge in [0.05, 0.1) is 44.1 Å². The van der Waals surface area contributed by atoms with Crippen molar-refractivity contribution >= 4 is 132 Å². The summed E-state index contributed by atoms with van der Waals surface area (Å²) >= 11 is 4.47. The summed E-state index contributed by atoms with van der Waals surface area (Å²) < 4.78 is 10.1. The van der Waals surface area contributed by atoms with Gasteiger partial charge >= 0.3 is 0 Å². The Kier molecular flexibility index (Phi) is 8.32. The van der Waals surface area contributed by atoms with E-state index in [1.807, 2.05) is 0 Å². The molecular weight excluding hydrogens is 1040 g/mol. The summed E-state index contributed by atoms with van der Waals surface area (Å²) in [5.74, 6) is 2.79. The molecule has 14 aromatic rings. The molecule has 0 saturated heterocycles. The number of hydrogen-bond donors (Lipinski definition) is 0. The predicted octanol–water partition coefficient (Wildman–Crippen LogP) is 13.9. The Balaban J connectivity index is 0.917. The third kappa shape index (κ3) is 5.59. The number of nitrogens with zero attached hydrogens (tertiary/aromatic N) is 9. The highest BCUT2D eigenvalue weighted by Crippen LogP contribution is 2.39. The molecule has 0 aliphatic rings. The highest BCUT2D eigenvalue weighted by Gasteiger charge is 2.22. The van der Waals surface area contributed by atoms with Crippen LogP contribution in [-0.2, 0) is 0 Å². The monoisotopic (exact) mass is 1070 g/mol. The highest BCUT2D eigenvalue weighted by atomic mass is 127. The Morgan fingerprint density at radius 1 is 0.258 bits per heavy atom. The molecule has 0 bridgehead atoms. The van der Waals surface area contributed by atoms with E-state index < -0.39 is 0 Å². The second kappa shape index (κ2) is 14.5. The lowest BCUT2D eigenvalue weighted by atomic mass is 10.0. The third-order valence-corrected chi connectivity index (χ3v) is 13.9. The van der Waals surface area contributed by atoms with Crippen LogP contribution in [-0.4, -0.2) is 43.2 Å². The Labute approximate surface area is 402 Å². The maximum absolute atomic E-state index is 5.23. The minimum absolute atomic E-state index is 0.570. The minimum Gasteiger partial charge on any atom is -0.294 e. The molecule has 14 rings (SSSR count). The van der Waals surface area contributed by atoms with Gasteiger partial charge in [0.2, 0.25) is 11.9 Å². The SMILES string of the molecule is Ic1nc(-n2c3ccccc3c3ccccc32)cc(-n2c3ccccc3c3cc(-c4ccc5c(c4)c4ccccc4n5-c4nc(I)nc(-n5c6ccccc6c6ccccc65)n4)ccc32)n1. The number of benzene rings is 8. The maximum Gasteiger partial charge on any atom is 0.240 e. The van der Waals surface area contributed by atoms with Gasteiger partial charge in [-0.2, -0.15) is 15.0 Å². The first-order chi connectivity index (χ1) is 32.6. The van der Waals surface area contributed by atoms with E-state index >= 15 is 0 Å².